The third-order valence-corrected chi connectivity index (χ3v) is 4.41. The molecule has 1 fully saturated rings. The number of carbonyl (C=O) groups excluding carboxylic acids is 1. The summed E-state index contributed by atoms with van der Waals surface area (Å²) >= 11 is 0. The predicted octanol–water partition coefficient (Wildman–Crippen LogP) is 4.61. The Morgan fingerprint density at radius 3 is 2.36 bits per heavy atom. The molecule has 1 aliphatic rings. The molecule has 3 rings (SSSR count). The largest absolute Gasteiger partial charge is 0.372 e. The number of halogens is 1. The van der Waals surface area contributed by atoms with Crippen molar-refractivity contribution < 1.29 is 9.18 Å². The molecule has 0 radical (unpaired) electrons. The second-order valence-corrected chi connectivity index (χ2v) is 6.12. The maximum atomic E-state index is 13.8. The van der Waals surface area contributed by atoms with Crippen LogP contribution in [-0.4, -0.2) is 18.9 Å². The van der Waals surface area contributed by atoms with Crippen LogP contribution in [0.25, 0.3) is 6.08 Å². The number of hydrogen-bond acceptors (Lipinski definition) is 3. The van der Waals surface area contributed by atoms with Crippen LogP contribution in [0.3, 0.4) is 0 Å². The average Bonchev–Trinajstić information content (AvgIpc) is 2.67. The van der Waals surface area contributed by atoms with Crippen molar-refractivity contribution in [1.82, 2.24) is 0 Å². The quantitative estimate of drug-likeness (QED) is 0.466. The molecule has 0 aromatic heterocycles. The van der Waals surface area contributed by atoms with Gasteiger partial charge in [-0.15, -0.1) is 0 Å². The van der Waals surface area contributed by atoms with E-state index in [1.165, 1.54) is 43.5 Å². The molecule has 126 valence electrons. The van der Waals surface area contributed by atoms with E-state index < -0.39 is 11.6 Å². The SMILES string of the molecule is N#C/C(=C\c1ccc(N2CCCCC2)cc1)C(=O)c1ccccc1F. The zero-order valence-electron chi connectivity index (χ0n) is 13.9. The first-order valence-electron chi connectivity index (χ1n) is 8.45. The van der Waals surface area contributed by atoms with Gasteiger partial charge in [0.1, 0.15) is 17.5 Å². The Hall–Kier alpha value is -2.93. The lowest BCUT2D eigenvalue weighted by atomic mass is 10.0. The van der Waals surface area contributed by atoms with E-state index in [-0.39, 0.29) is 11.1 Å². The third-order valence-electron chi connectivity index (χ3n) is 4.41. The Morgan fingerprint density at radius 1 is 1.04 bits per heavy atom. The van der Waals surface area contributed by atoms with Crippen LogP contribution in [0.1, 0.15) is 35.2 Å². The highest BCUT2D eigenvalue weighted by molar-refractivity contribution is 6.14. The first-order chi connectivity index (χ1) is 12.2. The molecule has 0 amide bonds. The van der Waals surface area contributed by atoms with Crippen molar-refractivity contribution in [2.24, 2.45) is 0 Å². The van der Waals surface area contributed by atoms with Gasteiger partial charge in [-0.25, -0.2) is 4.39 Å². The minimum atomic E-state index is -0.617. The molecule has 4 heteroatoms. The Morgan fingerprint density at radius 2 is 1.72 bits per heavy atom. The number of nitrogens with zero attached hydrogens (tertiary/aromatic N) is 2. The van der Waals surface area contributed by atoms with Crippen LogP contribution < -0.4 is 4.90 Å². The molecule has 0 bridgehead atoms. The zero-order valence-corrected chi connectivity index (χ0v) is 13.9. The fourth-order valence-corrected chi connectivity index (χ4v) is 3.04. The first kappa shape index (κ1) is 16.9. The molecular weight excluding hydrogens is 315 g/mol. The highest BCUT2D eigenvalue weighted by atomic mass is 19.1. The summed E-state index contributed by atoms with van der Waals surface area (Å²) in [6.07, 6.45) is 5.20. The maximum absolute atomic E-state index is 13.8. The van der Waals surface area contributed by atoms with Gasteiger partial charge in [-0.05, 0) is 55.2 Å². The van der Waals surface area contributed by atoms with Gasteiger partial charge in [0.25, 0.3) is 0 Å². The summed E-state index contributed by atoms with van der Waals surface area (Å²) in [6, 6.07) is 15.4. The fourth-order valence-electron chi connectivity index (χ4n) is 3.04. The third kappa shape index (κ3) is 3.95. The van der Waals surface area contributed by atoms with Gasteiger partial charge in [0.2, 0.25) is 5.78 Å². The molecule has 0 aliphatic carbocycles. The molecule has 0 unspecified atom stereocenters. The van der Waals surface area contributed by atoms with E-state index in [1.54, 1.807) is 6.07 Å². The van der Waals surface area contributed by atoms with Crippen LogP contribution >= 0.6 is 0 Å². The number of anilines is 1. The van der Waals surface area contributed by atoms with Crippen molar-refractivity contribution in [3.05, 3.63) is 71.0 Å². The summed E-state index contributed by atoms with van der Waals surface area (Å²) < 4.78 is 13.8. The van der Waals surface area contributed by atoms with E-state index in [4.69, 9.17) is 0 Å². The van der Waals surface area contributed by atoms with Crippen LogP contribution in [0.15, 0.2) is 54.1 Å². The summed E-state index contributed by atoms with van der Waals surface area (Å²) in [4.78, 5) is 14.7. The van der Waals surface area contributed by atoms with Crippen LogP contribution in [0.2, 0.25) is 0 Å². The number of benzene rings is 2. The maximum Gasteiger partial charge on any atom is 0.206 e. The van der Waals surface area contributed by atoms with Gasteiger partial charge in [0.15, 0.2) is 0 Å². The first-order valence-corrected chi connectivity index (χ1v) is 8.45. The minimum absolute atomic E-state index is 0.0733. The van der Waals surface area contributed by atoms with Gasteiger partial charge >= 0.3 is 0 Å². The Labute approximate surface area is 147 Å². The van der Waals surface area contributed by atoms with Crippen molar-refractivity contribution in [3.8, 4) is 6.07 Å². The molecule has 3 nitrogen and oxygen atoms in total. The average molecular weight is 334 g/mol. The predicted molar refractivity (Wildman–Crippen MR) is 96.8 cm³/mol. The van der Waals surface area contributed by atoms with Crippen molar-refractivity contribution in [1.29, 1.82) is 5.26 Å². The number of piperidine rings is 1. The van der Waals surface area contributed by atoms with E-state index in [2.05, 4.69) is 4.90 Å². The summed E-state index contributed by atoms with van der Waals surface area (Å²) in [5, 5.41) is 9.30. The molecule has 1 saturated heterocycles. The van der Waals surface area contributed by atoms with E-state index in [1.807, 2.05) is 30.3 Å². The van der Waals surface area contributed by atoms with Crippen molar-refractivity contribution in [3.63, 3.8) is 0 Å². The molecule has 1 heterocycles. The summed E-state index contributed by atoms with van der Waals surface area (Å²) in [5.74, 6) is -1.21. The van der Waals surface area contributed by atoms with E-state index in [0.717, 1.165) is 24.3 Å². The number of allylic oxidation sites excluding steroid dienone is 1. The standard InChI is InChI=1S/C21H19FN2O/c22-20-7-3-2-6-19(20)21(25)17(15-23)14-16-8-10-18(11-9-16)24-12-4-1-5-13-24/h2-3,6-11,14H,1,4-5,12-13H2/b17-14+. The van der Waals surface area contributed by atoms with Crippen LogP contribution in [-0.2, 0) is 0 Å². The van der Waals surface area contributed by atoms with Gasteiger partial charge < -0.3 is 4.90 Å². The lowest BCUT2D eigenvalue weighted by molar-refractivity contribution is 0.103. The van der Waals surface area contributed by atoms with Gasteiger partial charge in [0.05, 0.1) is 5.56 Å². The smallest absolute Gasteiger partial charge is 0.206 e. The monoisotopic (exact) mass is 334 g/mol. The minimum Gasteiger partial charge on any atom is -0.372 e. The molecule has 0 saturated carbocycles. The van der Waals surface area contributed by atoms with Crippen LogP contribution in [0.4, 0.5) is 10.1 Å². The Kier molecular flexibility index (Phi) is 5.25. The molecule has 2 aromatic carbocycles. The molecule has 0 N–H and O–H groups in total. The number of Topliss-reactive ketones (excluding diaryl/α,β-unsaturated/α-hetero) is 1. The van der Waals surface area contributed by atoms with Crippen molar-refractivity contribution in [2.45, 2.75) is 19.3 Å². The summed E-state index contributed by atoms with van der Waals surface area (Å²) in [6.45, 7) is 2.12. The highest BCUT2D eigenvalue weighted by Gasteiger charge is 2.16. The number of hydrogen-bond donors (Lipinski definition) is 0. The number of nitriles is 1. The number of carbonyl (C=O) groups is 1. The molecule has 1 aliphatic heterocycles. The van der Waals surface area contributed by atoms with Gasteiger partial charge in [-0.2, -0.15) is 5.26 Å². The second-order valence-electron chi connectivity index (χ2n) is 6.12. The summed E-state index contributed by atoms with van der Waals surface area (Å²) in [7, 11) is 0. The van der Waals surface area contributed by atoms with Gasteiger partial charge in [0, 0.05) is 18.8 Å². The lowest BCUT2D eigenvalue weighted by Crippen LogP contribution is -2.29. The van der Waals surface area contributed by atoms with Crippen LogP contribution in [0.5, 0.6) is 0 Å². The Bertz CT molecular complexity index is 828. The Balaban J connectivity index is 1.81. The van der Waals surface area contributed by atoms with Crippen LogP contribution in [0, 0.1) is 17.1 Å². The number of ketones is 1. The molecule has 25 heavy (non-hydrogen) atoms. The van der Waals surface area contributed by atoms with E-state index in [9.17, 15) is 14.4 Å². The topological polar surface area (TPSA) is 44.1 Å². The van der Waals surface area contributed by atoms with Crippen molar-refractivity contribution in [2.75, 3.05) is 18.0 Å². The summed E-state index contributed by atoms with van der Waals surface area (Å²) in [5.41, 5.74) is 1.74. The number of rotatable bonds is 4. The highest BCUT2D eigenvalue weighted by Crippen LogP contribution is 2.22. The lowest BCUT2D eigenvalue weighted by Gasteiger charge is -2.28. The fraction of sp³-hybridized carbons (Fsp3) is 0.238. The van der Waals surface area contributed by atoms with E-state index >= 15 is 0 Å². The molecule has 0 spiro atoms. The van der Waals surface area contributed by atoms with Gasteiger partial charge in [-0.3, -0.25) is 4.79 Å². The normalized spacial score (nSPS) is 14.9. The molecular formula is C21H19FN2O. The molecule has 2 aromatic rings. The van der Waals surface area contributed by atoms with Gasteiger partial charge in [-0.1, -0.05) is 24.3 Å². The molecule has 0 atom stereocenters. The van der Waals surface area contributed by atoms with E-state index in [0.29, 0.717) is 0 Å². The zero-order chi connectivity index (χ0) is 17.6. The van der Waals surface area contributed by atoms with Crippen molar-refractivity contribution >= 4 is 17.5 Å². The second kappa shape index (κ2) is 7.76.